The summed E-state index contributed by atoms with van der Waals surface area (Å²) in [7, 11) is -3.27. The number of carbonyl (C=O) groups excluding carboxylic acids is 1. The van der Waals surface area contributed by atoms with Crippen molar-refractivity contribution in [3.05, 3.63) is 17.5 Å². The zero-order chi connectivity index (χ0) is 18.6. The molecule has 1 aromatic heterocycles. The molecule has 1 aliphatic heterocycles. The van der Waals surface area contributed by atoms with Crippen molar-refractivity contribution in [3.63, 3.8) is 0 Å². The van der Waals surface area contributed by atoms with E-state index in [9.17, 15) is 18.0 Å². The van der Waals surface area contributed by atoms with E-state index in [0.29, 0.717) is 24.3 Å². The summed E-state index contributed by atoms with van der Waals surface area (Å²) in [6, 6.07) is 1.33. The number of rotatable bonds is 7. The van der Waals surface area contributed by atoms with Crippen molar-refractivity contribution in [2.24, 2.45) is 0 Å². The summed E-state index contributed by atoms with van der Waals surface area (Å²) < 4.78 is 30.2. The number of carboxylic acid groups (broad SMARTS) is 1. The Kier molecular flexibility index (Phi) is 6.17. The molecule has 2 rings (SSSR count). The molecule has 0 atom stereocenters. The molecule has 1 amide bonds. The lowest BCUT2D eigenvalue weighted by atomic mass is 10.0. The molecule has 10 heteroatoms. The van der Waals surface area contributed by atoms with Crippen LogP contribution >= 0.6 is 0 Å². The smallest absolute Gasteiger partial charge is 0.323 e. The fraction of sp³-hybridized carbons (Fsp3) is 0.667. The molecule has 1 N–H and O–H groups in total. The van der Waals surface area contributed by atoms with Crippen LogP contribution in [0.25, 0.3) is 0 Å². The van der Waals surface area contributed by atoms with Crippen molar-refractivity contribution in [1.29, 1.82) is 0 Å². The summed E-state index contributed by atoms with van der Waals surface area (Å²) >= 11 is 0. The molecule has 140 valence electrons. The minimum Gasteiger partial charge on any atom is -0.480 e. The van der Waals surface area contributed by atoms with E-state index >= 15 is 0 Å². The summed E-state index contributed by atoms with van der Waals surface area (Å²) in [5.74, 6) is -0.854. The van der Waals surface area contributed by atoms with Gasteiger partial charge in [0.1, 0.15) is 12.3 Å². The van der Waals surface area contributed by atoms with Crippen molar-refractivity contribution in [1.82, 2.24) is 14.4 Å². The van der Waals surface area contributed by atoms with Crippen LogP contribution in [0.1, 0.15) is 31.2 Å². The fourth-order valence-electron chi connectivity index (χ4n) is 2.94. The van der Waals surface area contributed by atoms with Gasteiger partial charge < -0.3 is 14.5 Å². The largest absolute Gasteiger partial charge is 0.480 e. The molecule has 1 aliphatic rings. The van der Waals surface area contributed by atoms with E-state index in [1.54, 1.807) is 19.9 Å². The third-order valence-electron chi connectivity index (χ3n) is 4.26. The number of aliphatic carboxylic acids is 1. The first-order valence-electron chi connectivity index (χ1n) is 8.14. The molecule has 0 spiro atoms. The van der Waals surface area contributed by atoms with Gasteiger partial charge in [0.05, 0.1) is 17.9 Å². The van der Waals surface area contributed by atoms with Crippen molar-refractivity contribution < 1.29 is 27.6 Å². The molecular formula is C15H23N3O6S. The Hall–Kier alpha value is -1.94. The third kappa shape index (κ3) is 5.02. The molecule has 9 nitrogen and oxygen atoms in total. The number of hydrogen-bond acceptors (Lipinski definition) is 6. The number of hydrogen-bond donors (Lipinski definition) is 1. The number of sulfonamides is 1. The number of aromatic nitrogens is 1. The van der Waals surface area contributed by atoms with Gasteiger partial charge >= 0.3 is 5.97 Å². The molecule has 0 unspecified atom stereocenters. The van der Waals surface area contributed by atoms with Gasteiger partial charge in [-0.25, -0.2) is 12.7 Å². The Morgan fingerprint density at radius 3 is 2.52 bits per heavy atom. The van der Waals surface area contributed by atoms with Gasteiger partial charge in [0.2, 0.25) is 15.9 Å². The van der Waals surface area contributed by atoms with Crippen molar-refractivity contribution in [2.75, 3.05) is 25.4 Å². The summed E-state index contributed by atoms with van der Waals surface area (Å²) in [6.07, 6.45) is 0.782. The maximum absolute atomic E-state index is 12.5. The minimum absolute atomic E-state index is 0.0287. The van der Waals surface area contributed by atoms with Crippen LogP contribution in [-0.2, 0) is 26.0 Å². The topological polar surface area (TPSA) is 121 Å². The average Bonchev–Trinajstić information content (AvgIpc) is 2.97. The summed E-state index contributed by atoms with van der Waals surface area (Å²) in [5.41, 5.74) is 0.448. The van der Waals surface area contributed by atoms with Gasteiger partial charge in [0.15, 0.2) is 0 Å². The first kappa shape index (κ1) is 19.4. The summed E-state index contributed by atoms with van der Waals surface area (Å²) in [6.45, 7) is 3.45. The third-order valence-corrected chi connectivity index (χ3v) is 6.14. The minimum atomic E-state index is -3.27. The number of carbonyl (C=O) groups is 2. The molecule has 0 bridgehead atoms. The highest BCUT2D eigenvalue weighted by molar-refractivity contribution is 7.89. The molecular weight excluding hydrogens is 350 g/mol. The lowest BCUT2D eigenvalue weighted by Crippen LogP contribution is -2.50. The van der Waals surface area contributed by atoms with Crippen LogP contribution in [0.15, 0.2) is 10.6 Å². The predicted octanol–water partition coefficient (Wildman–Crippen LogP) is 0.253. The Morgan fingerprint density at radius 2 is 2.04 bits per heavy atom. The average molecular weight is 373 g/mol. The van der Waals surface area contributed by atoms with E-state index in [2.05, 4.69) is 5.16 Å². The van der Waals surface area contributed by atoms with E-state index in [0.717, 1.165) is 0 Å². The van der Waals surface area contributed by atoms with Crippen molar-refractivity contribution >= 4 is 21.9 Å². The lowest BCUT2D eigenvalue weighted by Gasteiger charge is -2.37. The second-order valence-corrected chi connectivity index (χ2v) is 8.31. The molecule has 2 heterocycles. The lowest BCUT2D eigenvalue weighted by molar-refractivity contribution is -0.146. The SMILES string of the molecule is CCS(=O)(=O)N1CCC(N(CC(=O)O)C(=O)Cc2cc(C)on2)CC1. The first-order valence-corrected chi connectivity index (χ1v) is 9.75. The predicted molar refractivity (Wildman–Crippen MR) is 88.3 cm³/mol. The normalized spacial score (nSPS) is 16.7. The zero-order valence-corrected chi connectivity index (χ0v) is 15.2. The number of nitrogens with zero attached hydrogens (tertiary/aromatic N) is 3. The van der Waals surface area contributed by atoms with Gasteiger partial charge in [-0.3, -0.25) is 9.59 Å². The Bertz CT molecular complexity index is 721. The first-order chi connectivity index (χ1) is 11.7. The Morgan fingerprint density at radius 1 is 1.40 bits per heavy atom. The number of piperidine rings is 1. The maximum Gasteiger partial charge on any atom is 0.323 e. The van der Waals surface area contributed by atoms with Crippen LogP contribution in [0, 0.1) is 6.92 Å². The highest BCUT2D eigenvalue weighted by Gasteiger charge is 2.32. The van der Waals surface area contributed by atoms with E-state index < -0.39 is 22.5 Å². The zero-order valence-electron chi connectivity index (χ0n) is 14.3. The standard InChI is InChI=1S/C15H23N3O6S/c1-3-25(22,23)17-6-4-13(5-7-17)18(10-15(20)21)14(19)9-12-8-11(2)24-16-12/h8,13H,3-7,9-10H2,1-2H3,(H,20,21). The number of amides is 1. The Labute approximate surface area is 146 Å². The molecule has 25 heavy (non-hydrogen) atoms. The highest BCUT2D eigenvalue weighted by Crippen LogP contribution is 2.20. The van der Waals surface area contributed by atoms with Gasteiger partial charge in [0.25, 0.3) is 0 Å². The van der Waals surface area contributed by atoms with Crippen LogP contribution in [0.4, 0.5) is 0 Å². The quantitative estimate of drug-likeness (QED) is 0.727. The number of aryl methyl sites for hydroxylation is 1. The fourth-order valence-corrected chi connectivity index (χ4v) is 4.07. The molecule has 0 aromatic carbocycles. The summed E-state index contributed by atoms with van der Waals surface area (Å²) in [5, 5.41) is 12.9. The maximum atomic E-state index is 12.5. The van der Waals surface area contributed by atoms with Crippen molar-refractivity contribution in [3.8, 4) is 0 Å². The van der Waals surface area contributed by atoms with Gasteiger partial charge in [0, 0.05) is 25.2 Å². The second kappa shape index (κ2) is 7.96. The van der Waals surface area contributed by atoms with Crippen molar-refractivity contribution in [2.45, 2.75) is 39.2 Å². The van der Waals surface area contributed by atoms with Crippen LogP contribution in [0.2, 0.25) is 0 Å². The molecule has 0 aliphatic carbocycles. The van der Waals surface area contributed by atoms with Gasteiger partial charge in [-0.05, 0) is 26.7 Å². The van der Waals surface area contributed by atoms with E-state index in [1.165, 1.54) is 9.21 Å². The molecule has 0 radical (unpaired) electrons. The van der Waals surface area contributed by atoms with E-state index in [1.807, 2.05) is 0 Å². The van der Waals surface area contributed by atoms with Crippen LogP contribution < -0.4 is 0 Å². The summed E-state index contributed by atoms with van der Waals surface area (Å²) in [4.78, 5) is 25.0. The highest BCUT2D eigenvalue weighted by atomic mass is 32.2. The number of carboxylic acids is 1. The van der Waals surface area contributed by atoms with Crippen LogP contribution in [0.3, 0.4) is 0 Å². The van der Waals surface area contributed by atoms with Gasteiger partial charge in [-0.1, -0.05) is 5.16 Å². The monoisotopic (exact) mass is 373 g/mol. The molecule has 1 fully saturated rings. The van der Waals surface area contributed by atoms with E-state index in [-0.39, 0.29) is 37.2 Å². The second-order valence-electron chi connectivity index (χ2n) is 6.05. The van der Waals surface area contributed by atoms with E-state index in [4.69, 9.17) is 9.63 Å². The molecule has 1 aromatic rings. The van der Waals surface area contributed by atoms with Gasteiger partial charge in [-0.2, -0.15) is 0 Å². The van der Waals surface area contributed by atoms with Gasteiger partial charge in [-0.15, -0.1) is 0 Å². The molecule has 0 saturated carbocycles. The van der Waals surface area contributed by atoms with Crippen LogP contribution in [-0.4, -0.2) is 71.2 Å². The van der Waals surface area contributed by atoms with Crippen LogP contribution in [0.5, 0.6) is 0 Å². The molecule has 1 saturated heterocycles. The Balaban J connectivity index is 2.05.